The molecular formula is C23H48N3O6+3. The van der Waals surface area contributed by atoms with Crippen molar-refractivity contribution in [3.8, 4) is 0 Å². The van der Waals surface area contributed by atoms with Gasteiger partial charge in [0, 0.05) is 17.8 Å². The Hall–Kier alpha value is -1.71. The first-order chi connectivity index (χ1) is 15.3. The molecule has 0 heterocycles. The number of nitrogens with two attached hydrogens (primary N) is 1. The number of esters is 3. The summed E-state index contributed by atoms with van der Waals surface area (Å²) >= 11 is 0. The number of carbonyl (C=O) groups excluding carboxylic acids is 3. The Morgan fingerprint density at radius 3 is 1.88 bits per heavy atom. The molecule has 9 nitrogen and oxygen atoms in total. The SMILES string of the molecule is CCC(C[NH3+])CC(C[NH2+]CCC(=O)OC)CC(C)C[NH+](CCC(=O)OC)CCC(=O)OC. The van der Waals surface area contributed by atoms with Crippen molar-refractivity contribution in [3.05, 3.63) is 0 Å². The maximum atomic E-state index is 11.6. The predicted octanol–water partition coefficient (Wildman–Crippen LogP) is -1.58. The highest BCUT2D eigenvalue weighted by atomic mass is 16.5. The number of hydrogen-bond donors (Lipinski definition) is 3. The van der Waals surface area contributed by atoms with Crippen molar-refractivity contribution < 1.29 is 44.5 Å². The maximum Gasteiger partial charge on any atom is 0.311 e. The second kappa shape index (κ2) is 18.8. The van der Waals surface area contributed by atoms with Gasteiger partial charge in [-0.05, 0) is 19.3 Å². The van der Waals surface area contributed by atoms with Gasteiger partial charge >= 0.3 is 17.9 Å². The molecule has 0 aliphatic carbocycles. The van der Waals surface area contributed by atoms with Gasteiger partial charge in [-0.25, -0.2) is 0 Å². The molecule has 0 aromatic carbocycles. The van der Waals surface area contributed by atoms with Crippen LogP contribution in [-0.4, -0.2) is 78.5 Å². The molecule has 0 aromatic rings. The van der Waals surface area contributed by atoms with Crippen LogP contribution in [0.25, 0.3) is 0 Å². The van der Waals surface area contributed by atoms with Gasteiger partial charge < -0.3 is 30.2 Å². The molecule has 0 amide bonds. The van der Waals surface area contributed by atoms with E-state index < -0.39 is 0 Å². The summed E-state index contributed by atoms with van der Waals surface area (Å²) in [5.74, 6) is 0.924. The third-order valence-corrected chi connectivity index (χ3v) is 6.13. The minimum atomic E-state index is -0.229. The standard InChI is InChI=1S/C23H45N3O6/c1-6-19(15-24)14-20(16-25-10-7-21(27)30-3)13-18(2)17-26(11-8-22(28)31-4)12-9-23(29)32-5/h18-20,25H,6-17,24H2,1-5H3/p+3. The summed E-state index contributed by atoms with van der Waals surface area (Å²) < 4.78 is 14.3. The van der Waals surface area contributed by atoms with Gasteiger partial charge in [0.1, 0.15) is 0 Å². The van der Waals surface area contributed by atoms with Crippen LogP contribution < -0.4 is 16.0 Å². The summed E-state index contributed by atoms with van der Waals surface area (Å²) in [6.45, 7) is 9.24. The molecular weight excluding hydrogens is 414 g/mol. The zero-order valence-corrected chi connectivity index (χ0v) is 21.0. The molecule has 188 valence electrons. The maximum absolute atomic E-state index is 11.6. The number of carbonyl (C=O) groups is 3. The molecule has 0 saturated heterocycles. The molecule has 0 aliphatic heterocycles. The third-order valence-electron chi connectivity index (χ3n) is 6.13. The fourth-order valence-corrected chi connectivity index (χ4v) is 4.16. The Bertz CT molecular complexity index is 508. The second-order valence-corrected chi connectivity index (χ2v) is 8.75. The normalized spacial score (nSPS) is 14.0. The van der Waals surface area contributed by atoms with Crippen molar-refractivity contribution >= 4 is 17.9 Å². The second-order valence-electron chi connectivity index (χ2n) is 8.75. The van der Waals surface area contributed by atoms with Crippen LogP contribution in [-0.2, 0) is 28.6 Å². The lowest BCUT2D eigenvalue weighted by Crippen LogP contribution is -3.12. The molecule has 32 heavy (non-hydrogen) atoms. The summed E-state index contributed by atoms with van der Waals surface area (Å²) in [6.07, 6.45) is 4.40. The largest absolute Gasteiger partial charge is 0.469 e. The molecule has 3 unspecified atom stereocenters. The van der Waals surface area contributed by atoms with Crippen molar-refractivity contribution in [2.45, 2.75) is 52.4 Å². The van der Waals surface area contributed by atoms with Crippen LogP contribution >= 0.6 is 0 Å². The number of hydrogen-bond acceptors (Lipinski definition) is 6. The molecule has 0 radical (unpaired) electrons. The number of ether oxygens (including phenoxy) is 3. The van der Waals surface area contributed by atoms with Crippen LogP contribution in [0, 0.1) is 17.8 Å². The number of rotatable bonds is 19. The third kappa shape index (κ3) is 15.2. The van der Waals surface area contributed by atoms with E-state index in [0.717, 1.165) is 45.4 Å². The Morgan fingerprint density at radius 1 is 0.875 bits per heavy atom. The summed E-state index contributed by atoms with van der Waals surface area (Å²) in [5.41, 5.74) is 4.10. The minimum absolute atomic E-state index is 0.175. The topological polar surface area (TPSA) is 128 Å². The first kappa shape index (κ1) is 30.3. The molecule has 0 fully saturated rings. The van der Waals surface area contributed by atoms with Crippen LogP contribution in [0.2, 0.25) is 0 Å². The van der Waals surface area contributed by atoms with Crippen molar-refractivity contribution in [1.82, 2.24) is 0 Å². The van der Waals surface area contributed by atoms with E-state index in [0.29, 0.717) is 50.1 Å². The number of quaternary nitrogens is 3. The quantitative estimate of drug-likeness (QED) is 0.121. The average Bonchev–Trinajstić information content (AvgIpc) is 2.80. The van der Waals surface area contributed by atoms with Gasteiger partial charge in [-0.15, -0.1) is 0 Å². The highest BCUT2D eigenvalue weighted by molar-refractivity contribution is 5.69. The van der Waals surface area contributed by atoms with Crippen LogP contribution in [0.5, 0.6) is 0 Å². The Kier molecular flexibility index (Phi) is 17.8. The van der Waals surface area contributed by atoms with Gasteiger partial charge in [-0.3, -0.25) is 14.4 Å². The van der Waals surface area contributed by atoms with Crippen LogP contribution in [0.1, 0.15) is 52.4 Å². The van der Waals surface area contributed by atoms with Crippen molar-refractivity contribution in [1.29, 1.82) is 0 Å². The monoisotopic (exact) mass is 462 g/mol. The van der Waals surface area contributed by atoms with Crippen LogP contribution in [0.3, 0.4) is 0 Å². The lowest BCUT2D eigenvalue weighted by molar-refractivity contribution is -0.902. The van der Waals surface area contributed by atoms with Gasteiger partial charge in [0.25, 0.3) is 0 Å². The first-order valence-electron chi connectivity index (χ1n) is 11.9. The Morgan fingerprint density at radius 2 is 1.41 bits per heavy atom. The molecule has 0 aromatic heterocycles. The molecule has 0 spiro atoms. The van der Waals surface area contributed by atoms with Crippen molar-refractivity contribution in [3.63, 3.8) is 0 Å². The Balaban J connectivity index is 4.89. The minimum Gasteiger partial charge on any atom is -0.469 e. The van der Waals surface area contributed by atoms with Crippen molar-refractivity contribution in [2.24, 2.45) is 17.8 Å². The van der Waals surface area contributed by atoms with Gasteiger partial charge in [0.05, 0.1) is 79.9 Å². The zero-order chi connectivity index (χ0) is 24.4. The molecule has 3 atom stereocenters. The molecule has 0 saturated carbocycles. The first-order valence-corrected chi connectivity index (χ1v) is 11.9. The lowest BCUT2D eigenvalue weighted by atomic mass is 9.86. The lowest BCUT2D eigenvalue weighted by Gasteiger charge is -2.26. The van der Waals surface area contributed by atoms with E-state index in [1.807, 2.05) is 0 Å². The summed E-state index contributed by atoms with van der Waals surface area (Å²) in [6, 6.07) is 0. The highest BCUT2D eigenvalue weighted by Gasteiger charge is 2.23. The summed E-state index contributed by atoms with van der Waals surface area (Å²) in [4.78, 5) is 35.8. The molecule has 0 rings (SSSR count). The predicted molar refractivity (Wildman–Crippen MR) is 121 cm³/mol. The van der Waals surface area contributed by atoms with E-state index in [1.165, 1.54) is 26.2 Å². The van der Waals surface area contributed by atoms with Gasteiger partial charge in [-0.2, -0.15) is 0 Å². The van der Waals surface area contributed by atoms with Gasteiger partial charge in [-0.1, -0.05) is 13.8 Å². The van der Waals surface area contributed by atoms with E-state index >= 15 is 0 Å². The molecule has 9 heteroatoms. The average molecular weight is 463 g/mol. The fraction of sp³-hybridized carbons (Fsp3) is 0.870. The van der Waals surface area contributed by atoms with E-state index in [1.54, 1.807) is 0 Å². The van der Waals surface area contributed by atoms with Crippen LogP contribution in [0.4, 0.5) is 0 Å². The number of methoxy groups -OCH3 is 3. The van der Waals surface area contributed by atoms with E-state index in [4.69, 9.17) is 14.2 Å². The van der Waals surface area contributed by atoms with E-state index in [9.17, 15) is 14.4 Å². The van der Waals surface area contributed by atoms with E-state index in [2.05, 4.69) is 24.9 Å². The van der Waals surface area contributed by atoms with E-state index in [-0.39, 0.29) is 17.9 Å². The van der Waals surface area contributed by atoms with Gasteiger partial charge in [0.2, 0.25) is 0 Å². The summed E-state index contributed by atoms with van der Waals surface area (Å²) in [5, 5.41) is 2.21. The number of nitrogens with one attached hydrogen (secondary N) is 1. The Labute approximate surface area is 193 Å². The molecule has 0 bridgehead atoms. The summed E-state index contributed by atoms with van der Waals surface area (Å²) in [7, 11) is 4.21. The van der Waals surface area contributed by atoms with Crippen LogP contribution in [0.15, 0.2) is 0 Å². The smallest absolute Gasteiger partial charge is 0.311 e. The fourth-order valence-electron chi connectivity index (χ4n) is 4.16. The zero-order valence-electron chi connectivity index (χ0n) is 21.0. The van der Waals surface area contributed by atoms with Gasteiger partial charge in [0.15, 0.2) is 0 Å². The molecule has 6 N–H and O–H groups in total. The molecule has 0 aliphatic rings. The van der Waals surface area contributed by atoms with Crippen molar-refractivity contribution in [2.75, 3.05) is 60.6 Å². The highest BCUT2D eigenvalue weighted by Crippen LogP contribution is 2.20.